The smallest absolute Gasteiger partial charge is 0.326 e. The Hall–Kier alpha value is -4.52. The third-order valence-electron chi connectivity index (χ3n) is 7.29. The van der Waals surface area contributed by atoms with E-state index in [2.05, 4.69) is 10.0 Å². The number of hydrogen-bond donors (Lipinski definition) is 3. The minimum atomic E-state index is -4.04. The van der Waals surface area contributed by atoms with Crippen LogP contribution in [0.3, 0.4) is 0 Å². The van der Waals surface area contributed by atoms with E-state index < -0.39 is 38.1 Å². The molecule has 0 radical (unpaired) electrons. The number of sulfonamides is 1. The first-order chi connectivity index (χ1) is 21.1. The standard InChI is InChI=1S/C32H32N4O6S2/c37-31-23-36(44(41,42)35-31)27-18-16-24(17-19-27)22-30(34-43(39,40)28-14-8-3-9-15-28)32(38)33-21-20-29(25-10-4-1-5-11-25)26-12-6-2-7-13-26/h1-19,29-30,34H,20-23H2,(H,33,38)(H,35,37)/t30-/m0/s1. The van der Waals surface area contributed by atoms with Gasteiger partial charge in [-0.3, -0.25) is 9.59 Å². The highest BCUT2D eigenvalue weighted by Gasteiger charge is 2.34. The average molecular weight is 633 g/mol. The highest BCUT2D eigenvalue weighted by molar-refractivity contribution is 7.92. The summed E-state index contributed by atoms with van der Waals surface area (Å²) in [4.78, 5) is 25.2. The lowest BCUT2D eigenvalue weighted by Gasteiger charge is -2.22. The van der Waals surface area contributed by atoms with Gasteiger partial charge in [0.15, 0.2) is 0 Å². The Kier molecular flexibility index (Phi) is 9.43. The van der Waals surface area contributed by atoms with Gasteiger partial charge >= 0.3 is 10.2 Å². The Morgan fingerprint density at radius 2 is 1.36 bits per heavy atom. The van der Waals surface area contributed by atoms with Gasteiger partial charge in [-0.2, -0.15) is 13.1 Å². The molecule has 3 N–H and O–H groups in total. The lowest BCUT2D eigenvalue weighted by atomic mass is 9.88. The fourth-order valence-electron chi connectivity index (χ4n) is 5.11. The van der Waals surface area contributed by atoms with Crippen LogP contribution in [0.25, 0.3) is 0 Å². The summed E-state index contributed by atoms with van der Waals surface area (Å²) in [6.45, 7) is -0.0415. The predicted octanol–water partition coefficient (Wildman–Crippen LogP) is 3.10. The highest BCUT2D eigenvalue weighted by atomic mass is 32.2. The molecule has 2 amide bonds. The van der Waals surface area contributed by atoms with Gasteiger partial charge in [0, 0.05) is 12.5 Å². The third kappa shape index (κ3) is 7.51. The fourth-order valence-corrected chi connectivity index (χ4v) is 7.48. The summed E-state index contributed by atoms with van der Waals surface area (Å²) >= 11 is 0. The van der Waals surface area contributed by atoms with Crippen LogP contribution in [-0.4, -0.2) is 47.8 Å². The van der Waals surface area contributed by atoms with E-state index in [0.717, 1.165) is 15.4 Å². The number of rotatable bonds is 12. The molecule has 228 valence electrons. The summed E-state index contributed by atoms with van der Waals surface area (Å²) in [7, 11) is -8.01. The molecular weight excluding hydrogens is 601 g/mol. The maximum Gasteiger partial charge on any atom is 0.326 e. The molecule has 4 aromatic rings. The zero-order chi connectivity index (χ0) is 31.2. The second-order valence-electron chi connectivity index (χ2n) is 10.3. The van der Waals surface area contributed by atoms with Gasteiger partial charge in [-0.1, -0.05) is 91.0 Å². The summed E-state index contributed by atoms with van der Waals surface area (Å²) in [6.07, 6.45) is 0.590. The lowest BCUT2D eigenvalue weighted by molar-refractivity contribution is -0.122. The molecule has 0 aromatic heterocycles. The Morgan fingerprint density at radius 1 is 0.818 bits per heavy atom. The first-order valence-electron chi connectivity index (χ1n) is 14.0. The van der Waals surface area contributed by atoms with Gasteiger partial charge in [-0.05, 0) is 53.8 Å². The van der Waals surface area contributed by atoms with Crippen LogP contribution in [0.5, 0.6) is 0 Å². The van der Waals surface area contributed by atoms with E-state index in [1.54, 1.807) is 30.3 Å². The number of amides is 2. The van der Waals surface area contributed by atoms with E-state index in [4.69, 9.17) is 0 Å². The summed E-state index contributed by atoms with van der Waals surface area (Å²) in [5.74, 6) is -1.11. The second kappa shape index (κ2) is 13.4. The van der Waals surface area contributed by atoms with Crippen LogP contribution >= 0.6 is 0 Å². The molecule has 5 rings (SSSR count). The topological polar surface area (TPSA) is 142 Å². The molecule has 0 aliphatic carbocycles. The first-order valence-corrected chi connectivity index (χ1v) is 16.9. The van der Waals surface area contributed by atoms with E-state index >= 15 is 0 Å². The first kappa shape index (κ1) is 30.9. The van der Waals surface area contributed by atoms with E-state index in [1.807, 2.05) is 65.4 Å². The van der Waals surface area contributed by atoms with Crippen molar-refractivity contribution in [3.05, 3.63) is 132 Å². The van der Waals surface area contributed by atoms with E-state index in [-0.39, 0.29) is 29.5 Å². The van der Waals surface area contributed by atoms with Gasteiger partial charge in [0.05, 0.1) is 10.6 Å². The van der Waals surface area contributed by atoms with Crippen LogP contribution in [0, 0.1) is 0 Å². The number of carbonyl (C=O) groups excluding carboxylic acids is 2. The van der Waals surface area contributed by atoms with Crippen molar-refractivity contribution < 1.29 is 26.4 Å². The average Bonchev–Trinajstić information content (AvgIpc) is 3.31. The van der Waals surface area contributed by atoms with E-state index in [9.17, 15) is 26.4 Å². The molecular formula is C32H32N4O6S2. The zero-order valence-electron chi connectivity index (χ0n) is 23.7. The molecule has 0 unspecified atom stereocenters. The maximum atomic E-state index is 13.5. The summed E-state index contributed by atoms with van der Waals surface area (Å²) in [5.41, 5.74) is 3.07. The monoisotopic (exact) mass is 632 g/mol. The molecule has 1 aliphatic rings. The largest absolute Gasteiger partial charge is 0.355 e. The third-order valence-corrected chi connectivity index (χ3v) is 10.2. The number of nitrogens with one attached hydrogen (secondary N) is 3. The van der Waals surface area contributed by atoms with Crippen molar-refractivity contribution in [2.45, 2.75) is 29.7 Å². The maximum absolute atomic E-state index is 13.5. The molecule has 44 heavy (non-hydrogen) atoms. The van der Waals surface area contributed by atoms with Crippen LogP contribution in [0.1, 0.15) is 29.0 Å². The molecule has 12 heteroatoms. The summed E-state index contributed by atoms with van der Waals surface area (Å²) < 4.78 is 56.3. The molecule has 1 atom stereocenters. The quantitative estimate of drug-likeness (QED) is 0.219. The number of hydrogen-bond acceptors (Lipinski definition) is 6. The van der Waals surface area contributed by atoms with Crippen LogP contribution in [0.4, 0.5) is 5.69 Å². The van der Waals surface area contributed by atoms with Crippen LogP contribution in [-0.2, 0) is 36.2 Å². The number of anilines is 1. The van der Waals surface area contributed by atoms with Crippen LogP contribution in [0.2, 0.25) is 0 Å². The van der Waals surface area contributed by atoms with Crippen molar-refractivity contribution in [1.29, 1.82) is 0 Å². The highest BCUT2D eigenvalue weighted by Crippen LogP contribution is 2.27. The molecule has 1 fully saturated rings. The van der Waals surface area contributed by atoms with Gasteiger partial charge in [-0.25, -0.2) is 17.4 Å². The molecule has 10 nitrogen and oxygen atoms in total. The summed E-state index contributed by atoms with van der Waals surface area (Å²) in [5, 5.41) is 2.92. The normalized spacial score (nSPS) is 15.1. The van der Waals surface area contributed by atoms with E-state index in [1.165, 1.54) is 24.3 Å². The molecule has 4 aromatic carbocycles. The number of carbonyl (C=O) groups is 2. The van der Waals surface area contributed by atoms with Crippen molar-refractivity contribution in [3.8, 4) is 0 Å². The molecule has 0 bridgehead atoms. The number of nitrogens with zero attached hydrogens (tertiary/aromatic N) is 1. The van der Waals surface area contributed by atoms with Crippen molar-refractivity contribution >= 4 is 37.7 Å². The van der Waals surface area contributed by atoms with Crippen molar-refractivity contribution in [2.24, 2.45) is 0 Å². The Labute approximate surface area is 257 Å². The fraction of sp³-hybridized carbons (Fsp3) is 0.188. The predicted molar refractivity (Wildman–Crippen MR) is 167 cm³/mol. The number of benzene rings is 4. The summed E-state index contributed by atoms with van der Waals surface area (Å²) in [6, 6.07) is 32.8. The van der Waals surface area contributed by atoms with Gasteiger partial charge < -0.3 is 5.32 Å². The van der Waals surface area contributed by atoms with Gasteiger partial charge in [0.1, 0.15) is 12.6 Å². The van der Waals surface area contributed by atoms with Crippen molar-refractivity contribution in [3.63, 3.8) is 0 Å². The molecule has 0 spiro atoms. The Morgan fingerprint density at radius 3 is 1.89 bits per heavy atom. The second-order valence-corrected chi connectivity index (χ2v) is 13.7. The van der Waals surface area contributed by atoms with E-state index in [0.29, 0.717) is 18.5 Å². The van der Waals surface area contributed by atoms with Crippen molar-refractivity contribution in [2.75, 3.05) is 17.4 Å². The minimum Gasteiger partial charge on any atom is -0.355 e. The van der Waals surface area contributed by atoms with Crippen molar-refractivity contribution in [1.82, 2.24) is 14.8 Å². The molecule has 1 aliphatic heterocycles. The Bertz CT molecular complexity index is 1760. The van der Waals surface area contributed by atoms with Gasteiger partial charge in [0.2, 0.25) is 15.9 Å². The minimum absolute atomic E-state index is 0.00288. The molecule has 1 heterocycles. The Balaban J connectivity index is 1.33. The van der Waals surface area contributed by atoms with Crippen LogP contribution < -0.4 is 19.1 Å². The zero-order valence-corrected chi connectivity index (χ0v) is 25.3. The lowest BCUT2D eigenvalue weighted by Crippen LogP contribution is -2.48. The molecule has 1 saturated heterocycles. The molecule has 0 saturated carbocycles. The van der Waals surface area contributed by atoms with Gasteiger partial charge in [-0.15, -0.1) is 0 Å². The SMILES string of the molecule is O=C1CN(c2ccc(C[C@H](NS(=O)(=O)c3ccccc3)C(=O)NCCC(c3ccccc3)c3ccccc3)cc2)S(=O)(=O)N1. The van der Waals surface area contributed by atoms with Crippen LogP contribution in [0.15, 0.2) is 120 Å². The van der Waals surface area contributed by atoms with Gasteiger partial charge in [0.25, 0.3) is 5.91 Å².